The summed E-state index contributed by atoms with van der Waals surface area (Å²) in [5.74, 6) is 0.000000000000000222. The summed E-state index contributed by atoms with van der Waals surface area (Å²) in [5, 5.41) is 0. The minimum atomic E-state index is -0.785. The lowest BCUT2D eigenvalue weighted by atomic mass is 10.2. The molecule has 0 aromatic rings. The SMILES string of the molecule is N[CH][C](CF)CF. The van der Waals surface area contributed by atoms with E-state index in [1.807, 2.05) is 0 Å². The van der Waals surface area contributed by atoms with Crippen molar-refractivity contribution in [3.8, 4) is 0 Å². The molecule has 0 atom stereocenters. The van der Waals surface area contributed by atoms with Crippen LogP contribution in [0.2, 0.25) is 0 Å². The summed E-state index contributed by atoms with van der Waals surface area (Å²) in [6.07, 6.45) is 0. The van der Waals surface area contributed by atoms with E-state index in [-0.39, 0.29) is 5.92 Å². The van der Waals surface area contributed by atoms with Gasteiger partial charge in [0, 0.05) is 6.54 Å². The molecule has 0 saturated heterocycles. The van der Waals surface area contributed by atoms with E-state index >= 15 is 0 Å². The summed E-state index contributed by atoms with van der Waals surface area (Å²) in [5.41, 5.74) is 4.75. The van der Waals surface area contributed by atoms with Crippen molar-refractivity contribution in [2.24, 2.45) is 5.73 Å². The van der Waals surface area contributed by atoms with E-state index in [1.54, 1.807) is 0 Å². The van der Waals surface area contributed by atoms with Gasteiger partial charge in [-0.05, 0) is 0 Å². The molecular formula is C4H7F2N. The first-order valence-corrected chi connectivity index (χ1v) is 1.86. The van der Waals surface area contributed by atoms with Gasteiger partial charge in [-0.2, -0.15) is 0 Å². The van der Waals surface area contributed by atoms with Crippen molar-refractivity contribution in [3.63, 3.8) is 0 Å². The molecule has 0 amide bonds. The van der Waals surface area contributed by atoms with Crippen molar-refractivity contribution in [3.05, 3.63) is 12.5 Å². The van der Waals surface area contributed by atoms with Gasteiger partial charge in [0.05, 0.1) is 19.3 Å². The molecule has 0 rings (SSSR count). The Bertz CT molecular complexity index is 31.2. The van der Waals surface area contributed by atoms with Crippen molar-refractivity contribution in [1.82, 2.24) is 0 Å². The number of alkyl halides is 2. The first-order valence-electron chi connectivity index (χ1n) is 1.86. The fourth-order valence-corrected chi connectivity index (χ4v) is 0.125. The standard InChI is InChI=1S/C4H7F2N/c5-1-4(2-6)3-7/h3H,1-2,7H2. The summed E-state index contributed by atoms with van der Waals surface area (Å²) >= 11 is 0. The molecule has 0 bridgehead atoms. The van der Waals surface area contributed by atoms with Gasteiger partial charge in [-0.3, -0.25) is 8.78 Å². The van der Waals surface area contributed by atoms with Crippen LogP contribution in [0.15, 0.2) is 0 Å². The highest BCUT2D eigenvalue weighted by Crippen LogP contribution is 2.00. The Labute approximate surface area is 41.5 Å². The fourth-order valence-electron chi connectivity index (χ4n) is 0.125. The van der Waals surface area contributed by atoms with Crippen molar-refractivity contribution >= 4 is 0 Å². The largest absolute Gasteiger partial charge is 0.326 e. The Morgan fingerprint density at radius 1 is 1.43 bits per heavy atom. The van der Waals surface area contributed by atoms with Gasteiger partial charge < -0.3 is 5.73 Å². The Morgan fingerprint density at radius 2 is 1.86 bits per heavy atom. The van der Waals surface area contributed by atoms with Crippen LogP contribution in [0.3, 0.4) is 0 Å². The molecular weight excluding hydrogens is 100 g/mol. The maximum atomic E-state index is 11.3. The Kier molecular flexibility index (Phi) is 3.89. The Morgan fingerprint density at radius 3 is 1.86 bits per heavy atom. The highest BCUT2D eigenvalue weighted by Gasteiger charge is 2.03. The Hall–Kier alpha value is -0.180. The van der Waals surface area contributed by atoms with E-state index in [0.717, 1.165) is 6.54 Å². The van der Waals surface area contributed by atoms with Gasteiger partial charge in [0.15, 0.2) is 0 Å². The van der Waals surface area contributed by atoms with Crippen LogP contribution in [0.25, 0.3) is 0 Å². The van der Waals surface area contributed by atoms with Gasteiger partial charge in [0.25, 0.3) is 0 Å². The van der Waals surface area contributed by atoms with E-state index in [1.165, 1.54) is 0 Å². The highest BCUT2D eigenvalue weighted by molar-refractivity contribution is 4.99. The van der Waals surface area contributed by atoms with Crippen molar-refractivity contribution in [2.45, 2.75) is 0 Å². The van der Waals surface area contributed by atoms with Crippen molar-refractivity contribution < 1.29 is 8.78 Å². The predicted molar refractivity (Wildman–Crippen MR) is 23.7 cm³/mol. The van der Waals surface area contributed by atoms with Gasteiger partial charge >= 0.3 is 0 Å². The lowest BCUT2D eigenvalue weighted by Gasteiger charge is -1.98. The van der Waals surface area contributed by atoms with E-state index < -0.39 is 13.3 Å². The number of rotatable bonds is 3. The molecule has 0 aliphatic heterocycles. The minimum absolute atomic E-state index is 0.000000000000000222. The molecule has 0 heterocycles. The van der Waals surface area contributed by atoms with Gasteiger partial charge in [0.1, 0.15) is 0 Å². The van der Waals surface area contributed by atoms with Gasteiger partial charge in [0.2, 0.25) is 0 Å². The lowest BCUT2D eigenvalue weighted by Crippen LogP contribution is -2.08. The normalized spacial score (nSPS) is 10.3. The molecule has 2 N–H and O–H groups in total. The second-order valence-corrected chi connectivity index (χ2v) is 1.09. The molecule has 0 aliphatic carbocycles. The summed E-state index contributed by atoms with van der Waals surface area (Å²) < 4.78 is 22.5. The molecule has 0 aliphatic rings. The second kappa shape index (κ2) is 3.99. The molecule has 0 saturated carbocycles. The second-order valence-electron chi connectivity index (χ2n) is 1.09. The molecule has 1 nitrogen and oxygen atoms in total. The van der Waals surface area contributed by atoms with Crippen LogP contribution in [0.5, 0.6) is 0 Å². The van der Waals surface area contributed by atoms with Crippen LogP contribution in [0.1, 0.15) is 0 Å². The lowest BCUT2D eigenvalue weighted by molar-refractivity contribution is 0.432. The molecule has 7 heavy (non-hydrogen) atoms. The highest BCUT2D eigenvalue weighted by atomic mass is 19.1. The smallest absolute Gasteiger partial charge is 0.0999 e. The molecule has 0 aromatic heterocycles. The van der Waals surface area contributed by atoms with Crippen LogP contribution in [-0.2, 0) is 0 Å². The zero-order valence-corrected chi connectivity index (χ0v) is 3.82. The topological polar surface area (TPSA) is 26.0 Å². The summed E-state index contributed by atoms with van der Waals surface area (Å²) in [6, 6.07) is 0. The summed E-state index contributed by atoms with van der Waals surface area (Å²) in [4.78, 5) is 0. The first-order chi connectivity index (χ1) is 3.35. The molecule has 2 radical (unpaired) electrons. The van der Waals surface area contributed by atoms with Crippen molar-refractivity contribution in [1.29, 1.82) is 0 Å². The molecule has 0 fully saturated rings. The van der Waals surface area contributed by atoms with Crippen LogP contribution in [-0.4, -0.2) is 13.3 Å². The average molecular weight is 107 g/mol. The van der Waals surface area contributed by atoms with Crippen LogP contribution >= 0.6 is 0 Å². The number of halogens is 2. The molecule has 0 unspecified atom stereocenters. The molecule has 0 aromatic carbocycles. The third kappa shape index (κ3) is 2.51. The third-order valence-corrected chi connectivity index (χ3v) is 0.579. The Balaban J connectivity index is 2.99. The maximum absolute atomic E-state index is 11.3. The van der Waals surface area contributed by atoms with Crippen molar-refractivity contribution in [2.75, 3.05) is 13.3 Å². The number of hydrogen-bond acceptors (Lipinski definition) is 1. The van der Waals surface area contributed by atoms with E-state index in [2.05, 4.69) is 0 Å². The predicted octanol–water partition coefficient (Wildman–Crippen LogP) is 0.620. The van der Waals surface area contributed by atoms with Gasteiger partial charge in [-0.1, -0.05) is 0 Å². The number of nitrogens with two attached hydrogens (primary N) is 1. The summed E-state index contributed by atoms with van der Waals surface area (Å²) in [7, 11) is 0. The van der Waals surface area contributed by atoms with Gasteiger partial charge in [-0.25, -0.2) is 0 Å². The monoisotopic (exact) mass is 107 g/mol. The zero-order valence-electron chi connectivity index (χ0n) is 3.82. The molecule has 42 valence electrons. The first kappa shape index (κ1) is 6.82. The maximum Gasteiger partial charge on any atom is 0.0999 e. The van der Waals surface area contributed by atoms with Crippen LogP contribution < -0.4 is 5.73 Å². The van der Waals surface area contributed by atoms with Crippen LogP contribution in [0.4, 0.5) is 8.78 Å². The fraction of sp³-hybridized carbons (Fsp3) is 0.500. The molecule has 0 spiro atoms. The zero-order chi connectivity index (χ0) is 5.70. The minimum Gasteiger partial charge on any atom is -0.326 e. The van der Waals surface area contributed by atoms with E-state index in [0.29, 0.717) is 0 Å². The van der Waals surface area contributed by atoms with E-state index in [4.69, 9.17) is 5.73 Å². The third-order valence-electron chi connectivity index (χ3n) is 0.579. The quantitative estimate of drug-likeness (QED) is 0.562. The van der Waals surface area contributed by atoms with E-state index in [9.17, 15) is 8.78 Å². The van der Waals surface area contributed by atoms with Crippen LogP contribution in [0, 0.1) is 12.5 Å². The number of hydrogen-bond donors (Lipinski definition) is 1. The average Bonchev–Trinajstić information content (AvgIpc) is 1.72. The van der Waals surface area contributed by atoms with Gasteiger partial charge in [-0.15, -0.1) is 0 Å². The molecule has 3 heteroatoms. The summed E-state index contributed by atoms with van der Waals surface area (Å²) in [6.45, 7) is -0.625.